The molecule has 2 saturated carbocycles. The van der Waals surface area contributed by atoms with E-state index < -0.39 is 0 Å². The Morgan fingerprint density at radius 2 is 1.80 bits per heavy atom. The molecule has 1 atom stereocenters. The molecule has 1 spiro atoms. The monoisotopic (exact) mass is 348 g/mol. The van der Waals surface area contributed by atoms with Crippen molar-refractivity contribution < 1.29 is 9.53 Å². The summed E-state index contributed by atoms with van der Waals surface area (Å²) in [6.07, 6.45) is 12.6. The zero-order valence-corrected chi connectivity index (χ0v) is 16.0. The van der Waals surface area contributed by atoms with Crippen LogP contribution in [-0.2, 0) is 9.53 Å². The molecule has 142 valence electrons. The van der Waals surface area contributed by atoms with Crippen LogP contribution in [0.3, 0.4) is 0 Å². The van der Waals surface area contributed by atoms with Crippen LogP contribution >= 0.6 is 0 Å². The summed E-state index contributed by atoms with van der Waals surface area (Å²) in [5, 5.41) is 0. The molecule has 0 aromatic carbocycles. The van der Waals surface area contributed by atoms with Gasteiger partial charge in [-0.05, 0) is 49.9 Å². The lowest BCUT2D eigenvalue weighted by Crippen LogP contribution is -2.48. The highest BCUT2D eigenvalue weighted by Crippen LogP contribution is 2.47. The van der Waals surface area contributed by atoms with Crippen molar-refractivity contribution in [3.63, 3.8) is 0 Å². The first-order valence-electron chi connectivity index (χ1n) is 10.7. The number of amides is 1. The van der Waals surface area contributed by atoms with E-state index >= 15 is 0 Å². The van der Waals surface area contributed by atoms with E-state index in [2.05, 4.69) is 9.80 Å². The zero-order valence-electron chi connectivity index (χ0n) is 16.0. The van der Waals surface area contributed by atoms with Crippen molar-refractivity contribution >= 4 is 5.91 Å². The van der Waals surface area contributed by atoms with Gasteiger partial charge < -0.3 is 9.64 Å². The summed E-state index contributed by atoms with van der Waals surface area (Å²) >= 11 is 0. The molecule has 1 unspecified atom stereocenters. The Bertz CT molecular complexity index is 463. The molecule has 2 saturated heterocycles. The van der Waals surface area contributed by atoms with E-state index in [1.54, 1.807) is 0 Å². The first-order chi connectivity index (χ1) is 12.2. The lowest BCUT2D eigenvalue weighted by Gasteiger charge is -2.43. The standard InChI is InChI=1S/C21H36N2O2/c1-25-15-18-14-23(19-7-4-8-19)16-21(18)9-11-22(12-10-21)20(24)13-17-5-2-3-6-17/h17-19H,2-16H2,1H3. The van der Waals surface area contributed by atoms with Crippen LogP contribution in [0.25, 0.3) is 0 Å². The predicted molar refractivity (Wildman–Crippen MR) is 99.4 cm³/mol. The van der Waals surface area contributed by atoms with Crippen molar-refractivity contribution in [3.05, 3.63) is 0 Å². The Kier molecular flexibility index (Phi) is 5.38. The van der Waals surface area contributed by atoms with Gasteiger partial charge in [-0.15, -0.1) is 0 Å². The van der Waals surface area contributed by atoms with Crippen molar-refractivity contribution in [2.45, 2.75) is 70.3 Å². The summed E-state index contributed by atoms with van der Waals surface area (Å²) in [5.74, 6) is 1.76. The number of piperidine rings is 1. The molecule has 1 amide bonds. The topological polar surface area (TPSA) is 32.8 Å². The van der Waals surface area contributed by atoms with Crippen LogP contribution in [0.1, 0.15) is 64.2 Å². The van der Waals surface area contributed by atoms with E-state index in [1.807, 2.05) is 7.11 Å². The summed E-state index contributed by atoms with van der Waals surface area (Å²) in [6.45, 7) is 5.30. The van der Waals surface area contributed by atoms with Crippen LogP contribution in [-0.4, -0.2) is 61.6 Å². The average Bonchev–Trinajstić information content (AvgIpc) is 3.16. The summed E-state index contributed by atoms with van der Waals surface area (Å²) in [4.78, 5) is 17.6. The number of hydrogen-bond acceptors (Lipinski definition) is 3. The Balaban J connectivity index is 1.34. The van der Waals surface area contributed by atoms with E-state index in [0.717, 1.165) is 32.2 Å². The molecular weight excluding hydrogens is 312 g/mol. The third kappa shape index (κ3) is 3.62. The number of hydrogen-bond donors (Lipinski definition) is 0. The molecule has 2 aliphatic heterocycles. The van der Waals surface area contributed by atoms with Gasteiger partial charge in [-0.3, -0.25) is 9.69 Å². The van der Waals surface area contributed by atoms with Gasteiger partial charge >= 0.3 is 0 Å². The molecule has 0 aromatic heterocycles. The van der Waals surface area contributed by atoms with Gasteiger partial charge in [0.05, 0.1) is 6.61 Å². The molecule has 0 N–H and O–H groups in total. The van der Waals surface area contributed by atoms with Crippen LogP contribution < -0.4 is 0 Å². The number of rotatable bonds is 5. The molecule has 25 heavy (non-hydrogen) atoms. The van der Waals surface area contributed by atoms with E-state index in [4.69, 9.17) is 4.74 Å². The first kappa shape index (κ1) is 17.8. The van der Waals surface area contributed by atoms with Gasteiger partial charge in [0.2, 0.25) is 5.91 Å². The normalized spacial score (nSPS) is 30.9. The maximum Gasteiger partial charge on any atom is 0.222 e. The molecule has 4 aliphatic rings. The fraction of sp³-hybridized carbons (Fsp3) is 0.952. The van der Waals surface area contributed by atoms with Crippen LogP contribution in [0.15, 0.2) is 0 Å². The minimum Gasteiger partial charge on any atom is -0.384 e. The number of carbonyl (C=O) groups excluding carboxylic acids is 1. The fourth-order valence-corrected chi connectivity index (χ4v) is 5.89. The molecule has 4 heteroatoms. The van der Waals surface area contributed by atoms with Gasteiger partial charge in [0, 0.05) is 51.7 Å². The van der Waals surface area contributed by atoms with Gasteiger partial charge in [-0.1, -0.05) is 19.3 Å². The Labute approximate surface area is 153 Å². The molecular formula is C21H36N2O2. The van der Waals surface area contributed by atoms with Crippen molar-refractivity contribution in [2.75, 3.05) is 39.9 Å². The van der Waals surface area contributed by atoms with Crippen LogP contribution in [0.2, 0.25) is 0 Å². The molecule has 2 heterocycles. The molecule has 0 bridgehead atoms. The lowest BCUT2D eigenvalue weighted by atomic mass is 9.71. The second-order valence-electron chi connectivity index (χ2n) is 9.26. The molecule has 0 aromatic rings. The largest absolute Gasteiger partial charge is 0.384 e. The van der Waals surface area contributed by atoms with Crippen LogP contribution in [0, 0.1) is 17.3 Å². The third-order valence-corrected chi connectivity index (χ3v) is 7.85. The lowest BCUT2D eigenvalue weighted by molar-refractivity contribution is -0.135. The predicted octanol–water partition coefficient (Wildman–Crippen LogP) is 3.31. The van der Waals surface area contributed by atoms with E-state index in [1.165, 1.54) is 70.9 Å². The Morgan fingerprint density at radius 3 is 2.40 bits per heavy atom. The maximum absolute atomic E-state index is 12.7. The summed E-state index contributed by atoms with van der Waals surface area (Å²) in [6, 6.07) is 0.834. The number of methoxy groups -OCH3 is 1. The average molecular weight is 349 g/mol. The quantitative estimate of drug-likeness (QED) is 0.764. The number of ether oxygens (including phenoxy) is 1. The number of nitrogens with zero attached hydrogens (tertiary/aromatic N) is 2. The molecule has 4 nitrogen and oxygen atoms in total. The van der Waals surface area contributed by atoms with Gasteiger partial charge in [0.25, 0.3) is 0 Å². The second-order valence-corrected chi connectivity index (χ2v) is 9.26. The maximum atomic E-state index is 12.7. The van der Waals surface area contributed by atoms with Crippen molar-refractivity contribution in [1.82, 2.24) is 9.80 Å². The van der Waals surface area contributed by atoms with Gasteiger partial charge in [0.1, 0.15) is 0 Å². The van der Waals surface area contributed by atoms with Gasteiger partial charge in [-0.25, -0.2) is 0 Å². The molecule has 2 aliphatic carbocycles. The highest BCUT2D eigenvalue weighted by atomic mass is 16.5. The minimum atomic E-state index is 0.399. The molecule has 0 radical (unpaired) electrons. The summed E-state index contributed by atoms with van der Waals surface area (Å²) in [5.41, 5.74) is 0.399. The van der Waals surface area contributed by atoms with E-state index in [0.29, 0.717) is 23.2 Å². The van der Waals surface area contributed by atoms with Gasteiger partial charge in [0.15, 0.2) is 0 Å². The van der Waals surface area contributed by atoms with E-state index in [9.17, 15) is 4.79 Å². The molecule has 4 fully saturated rings. The Hall–Kier alpha value is -0.610. The van der Waals surface area contributed by atoms with E-state index in [-0.39, 0.29) is 0 Å². The van der Waals surface area contributed by atoms with Crippen molar-refractivity contribution in [1.29, 1.82) is 0 Å². The molecule has 4 rings (SSSR count). The number of likely N-dealkylation sites (tertiary alicyclic amines) is 2. The van der Waals surface area contributed by atoms with Gasteiger partial charge in [-0.2, -0.15) is 0 Å². The highest BCUT2D eigenvalue weighted by molar-refractivity contribution is 5.76. The minimum absolute atomic E-state index is 0.399. The van der Waals surface area contributed by atoms with Crippen LogP contribution in [0.5, 0.6) is 0 Å². The van der Waals surface area contributed by atoms with Crippen LogP contribution in [0.4, 0.5) is 0 Å². The summed E-state index contributed by atoms with van der Waals surface area (Å²) < 4.78 is 5.59. The highest BCUT2D eigenvalue weighted by Gasteiger charge is 2.50. The smallest absolute Gasteiger partial charge is 0.222 e. The van der Waals surface area contributed by atoms with Crippen molar-refractivity contribution in [3.8, 4) is 0 Å². The van der Waals surface area contributed by atoms with Crippen molar-refractivity contribution in [2.24, 2.45) is 17.3 Å². The number of carbonyl (C=O) groups is 1. The summed E-state index contributed by atoms with van der Waals surface area (Å²) in [7, 11) is 1.85. The fourth-order valence-electron chi connectivity index (χ4n) is 5.89. The second kappa shape index (κ2) is 7.56. The SMILES string of the molecule is COCC1CN(C2CCC2)CC12CCN(C(=O)CC1CCCC1)CC2. The zero-order chi connectivity index (χ0) is 17.3. The first-order valence-corrected chi connectivity index (χ1v) is 10.7. The third-order valence-electron chi connectivity index (χ3n) is 7.85. The Morgan fingerprint density at radius 1 is 1.08 bits per heavy atom.